The second kappa shape index (κ2) is 6.15. The summed E-state index contributed by atoms with van der Waals surface area (Å²) in [4.78, 5) is 12.2. The van der Waals surface area contributed by atoms with Crippen LogP contribution in [0, 0.1) is 6.92 Å². The second-order valence-corrected chi connectivity index (χ2v) is 5.74. The predicted octanol–water partition coefficient (Wildman–Crippen LogP) is 0.984. The van der Waals surface area contributed by atoms with Gasteiger partial charge in [0.1, 0.15) is 5.01 Å². The summed E-state index contributed by atoms with van der Waals surface area (Å²) in [6.07, 6.45) is 2.47. The molecule has 18 heavy (non-hydrogen) atoms. The summed E-state index contributed by atoms with van der Waals surface area (Å²) < 4.78 is 0. The van der Waals surface area contributed by atoms with Crippen LogP contribution in [0.3, 0.4) is 0 Å². The van der Waals surface area contributed by atoms with Gasteiger partial charge in [-0.25, -0.2) is 9.98 Å². The Kier molecular flexibility index (Phi) is 4.54. The summed E-state index contributed by atoms with van der Waals surface area (Å²) in [6, 6.07) is 0. The molecule has 1 atom stereocenters. The normalized spacial score (nSPS) is 20.5. The maximum atomic E-state index is 9.57. The van der Waals surface area contributed by atoms with Crippen LogP contribution in [0.5, 0.6) is 0 Å². The molecule has 100 valence electrons. The van der Waals surface area contributed by atoms with Crippen molar-refractivity contribution in [2.75, 3.05) is 19.6 Å². The lowest BCUT2D eigenvalue weighted by atomic mass is 10.3. The molecule has 0 amide bonds. The van der Waals surface area contributed by atoms with E-state index in [9.17, 15) is 5.11 Å². The number of thiazole rings is 1. The molecule has 0 aromatic carbocycles. The van der Waals surface area contributed by atoms with Gasteiger partial charge in [-0.3, -0.25) is 0 Å². The topological polar surface area (TPSA) is 60.8 Å². The van der Waals surface area contributed by atoms with Crippen LogP contribution in [-0.2, 0) is 6.54 Å². The van der Waals surface area contributed by atoms with E-state index in [-0.39, 0.29) is 6.10 Å². The van der Waals surface area contributed by atoms with Crippen LogP contribution in [0.15, 0.2) is 11.2 Å². The third-order valence-corrected chi connectivity index (χ3v) is 3.73. The smallest absolute Gasteiger partial charge is 0.194 e. The van der Waals surface area contributed by atoms with Gasteiger partial charge in [0.2, 0.25) is 0 Å². The van der Waals surface area contributed by atoms with Gasteiger partial charge in [0, 0.05) is 30.7 Å². The fourth-order valence-corrected chi connectivity index (χ4v) is 2.69. The molecule has 2 heterocycles. The Hall–Kier alpha value is -1.14. The van der Waals surface area contributed by atoms with Gasteiger partial charge < -0.3 is 15.3 Å². The van der Waals surface area contributed by atoms with Crippen molar-refractivity contribution in [2.24, 2.45) is 4.99 Å². The van der Waals surface area contributed by atoms with E-state index >= 15 is 0 Å². The van der Waals surface area contributed by atoms with Gasteiger partial charge in [0.15, 0.2) is 5.96 Å². The largest absolute Gasteiger partial charge is 0.391 e. The Morgan fingerprint density at radius 1 is 1.72 bits per heavy atom. The lowest BCUT2D eigenvalue weighted by Crippen LogP contribution is -2.40. The zero-order chi connectivity index (χ0) is 13.0. The van der Waals surface area contributed by atoms with Crippen LogP contribution in [0.4, 0.5) is 0 Å². The molecule has 0 spiro atoms. The van der Waals surface area contributed by atoms with Crippen LogP contribution in [0.25, 0.3) is 0 Å². The predicted molar refractivity (Wildman–Crippen MR) is 73.9 cm³/mol. The van der Waals surface area contributed by atoms with Gasteiger partial charge in [-0.15, -0.1) is 11.3 Å². The van der Waals surface area contributed by atoms with Crippen molar-refractivity contribution in [1.29, 1.82) is 0 Å². The van der Waals surface area contributed by atoms with Crippen LogP contribution >= 0.6 is 11.3 Å². The van der Waals surface area contributed by atoms with E-state index in [1.54, 1.807) is 11.3 Å². The van der Waals surface area contributed by atoms with E-state index in [2.05, 4.69) is 27.1 Å². The number of aliphatic hydroxyl groups excluding tert-OH is 1. The maximum Gasteiger partial charge on any atom is 0.194 e. The quantitative estimate of drug-likeness (QED) is 0.634. The molecule has 1 saturated heterocycles. The number of aromatic nitrogens is 1. The number of guanidine groups is 1. The molecular formula is C12H20N4OS. The second-order valence-electron chi connectivity index (χ2n) is 4.42. The standard InChI is InChI=1S/C12H20N4OS/c1-3-13-12(16-5-4-10(17)8-16)15-7-11-14-6-9(2)18-11/h6,10,17H,3-5,7-8H2,1-2H3,(H,13,15)/t10-/m1/s1. The number of likely N-dealkylation sites (tertiary alicyclic amines) is 1. The SMILES string of the molecule is CCNC(=NCc1ncc(C)s1)N1CC[C@@H](O)C1. The summed E-state index contributed by atoms with van der Waals surface area (Å²) in [5.41, 5.74) is 0. The number of β-amino-alcohol motifs (C(OH)–C–C–N with tert-alkyl or cyclic N) is 1. The Morgan fingerprint density at radius 2 is 2.56 bits per heavy atom. The summed E-state index contributed by atoms with van der Waals surface area (Å²) >= 11 is 1.68. The Balaban J connectivity index is 2.00. The number of aliphatic hydroxyl groups is 1. The van der Waals surface area contributed by atoms with Crippen LogP contribution < -0.4 is 5.32 Å². The van der Waals surface area contributed by atoms with Gasteiger partial charge in [-0.05, 0) is 20.3 Å². The Bertz CT molecular complexity index is 418. The van der Waals surface area contributed by atoms with Crippen molar-refractivity contribution in [2.45, 2.75) is 32.9 Å². The van der Waals surface area contributed by atoms with Crippen molar-refractivity contribution in [3.05, 3.63) is 16.1 Å². The van der Waals surface area contributed by atoms with Crippen molar-refractivity contribution in [3.63, 3.8) is 0 Å². The molecule has 1 aliphatic rings. The number of hydrogen-bond acceptors (Lipinski definition) is 4. The van der Waals surface area contributed by atoms with E-state index in [0.29, 0.717) is 13.1 Å². The third-order valence-electron chi connectivity index (χ3n) is 2.83. The number of hydrogen-bond donors (Lipinski definition) is 2. The molecule has 1 aromatic rings. The summed E-state index contributed by atoms with van der Waals surface area (Å²) in [7, 11) is 0. The summed E-state index contributed by atoms with van der Waals surface area (Å²) in [5, 5.41) is 13.9. The van der Waals surface area contributed by atoms with Crippen LogP contribution in [0.2, 0.25) is 0 Å². The zero-order valence-electron chi connectivity index (χ0n) is 10.9. The first-order valence-corrected chi connectivity index (χ1v) is 7.13. The number of rotatable bonds is 3. The molecule has 1 fully saturated rings. The highest BCUT2D eigenvalue weighted by Crippen LogP contribution is 2.13. The molecule has 1 aliphatic heterocycles. The van der Waals surface area contributed by atoms with Crippen molar-refractivity contribution < 1.29 is 5.11 Å². The molecule has 0 bridgehead atoms. The monoisotopic (exact) mass is 268 g/mol. The number of aliphatic imine (C=N–C) groups is 1. The average Bonchev–Trinajstić information content (AvgIpc) is 2.94. The minimum absolute atomic E-state index is 0.226. The molecule has 0 saturated carbocycles. The van der Waals surface area contributed by atoms with E-state index in [0.717, 1.165) is 30.5 Å². The lowest BCUT2D eigenvalue weighted by Gasteiger charge is -2.20. The molecule has 1 aromatic heterocycles. The van der Waals surface area contributed by atoms with Crippen LogP contribution in [0.1, 0.15) is 23.2 Å². The van der Waals surface area contributed by atoms with Gasteiger partial charge >= 0.3 is 0 Å². The van der Waals surface area contributed by atoms with Crippen molar-refractivity contribution in [3.8, 4) is 0 Å². The number of nitrogens with one attached hydrogen (secondary N) is 1. The highest BCUT2D eigenvalue weighted by atomic mass is 32.1. The van der Waals surface area contributed by atoms with Gasteiger partial charge in [-0.2, -0.15) is 0 Å². The van der Waals surface area contributed by atoms with Crippen molar-refractivity contribution >= 4 is 17.3 Å². The minimum atomic E-state index is -0.226. The molecular weight excluding hydrogens is 248 g/mol. The molecule has 2 rings (SSSR count). The Labute approximate surface area is 112 Å². The summed E-state index contributed by atoms with van der Waals surface area (Å²) in [6.45, 7) is 7.07. The minimum Gasteiger partial charge on any atom is -0.391 e. The number of nitrogens with zero attached hydrogens (tertiary/aromatic N) is 3. The molecule has 6 heteroatoms. The zero-order valence-corrected chi connectivity index (χ0v) is 11.7. The van der Waals surface area contributed by atoms with E-state index in [1.807, 2.05) is 13.1 Å². The average molecular weight is 268 g/mol. The van der Waals surface area contributed by atoms with E-state index in [4.69, 9.17) is 0 Å². The van der Waals surface area contributed by atoms with Gasteiger partial charge in [0.05, 0.1) is 12.6 Å². The summed E-state index contributed by atoms with van der Waals surface area (Å²) in [5.74, 6) is 0.877. The number of aryl methyl sites for hydroxylation is 1. The van der Waals surface area contributed by atoms with Crippen molar-refractivity contribution in [1.82, 2.24) is 15.2 Å². The third kappa shape index (κ3) is 3.43. The Morgan fingerprint density at radius 3 is 3.11 bits per heavy atom. The molecule has 5 nitrogen and oxygen atoms in total. The first-order valence-electron chi connectivity index (χ1n) is 6.31. The van der Waals surface area contributed by atoms with E-state index in [1.165, 1.54) is 4.88 Å². The maximum absolute atomic E-state index is 9.57. The fourth-order valence-electron chi connectivity index (χ4n) is 1.98. The molecule has 0 radical (unpaired) electrons. The molecule has 0 unspecified atom stereocenters. The van der Waals surface area contributed by atoms with E-state index < -0.39 is 0 Å². The fraction of sp³-hybridized carbons (Fsp3) is 0.667. The van der Waals surface area contributed by atoms with Gasteiger partial charge in [-0.1, -0.05) is 0 Å². The highest BCUT2D eigenvalue weighted by molar-refractivity contribution is 7.11. The highest BCUT2D eigenvalue weighted by Gasteiger charge is 2.22. The first kappa shape index (κ1) is 13.3. The first-order chi connectivity index (χ1) is 8.69. The van der Waals surface area contributed by atoms with Crippen LogP contribution in [-0.4, -0.2) is 46.7 Å². The molecule has 2 N–H and O–H groups in total. The molecule has 0 aliphatic carbocycles. The lowest BCUT2D eigenvalue weighted by molar-refractivity contribution is 0.188. The van der Waals surface area contributed by atoms with Gasteiger partial charge in [0.25, 0.3) is 0 Å².